The van der Waals surface area contributed by atoms with Crippen LogP contribution in [0.15, 0.2) is 10.3 Å². The molecule has 0 atom stereocenters. The molecule has 0 aliphatic heterocycles. The van der Waals surface area contributed by atoms with E-state index in [0.29, 0.717) is 11.3 Å². The first-order valence-corrected chi connectivity index (χ1v) is 9.48. The number of nitrogens with zero attached hydrogens (tertiary/aromatic N) is 1. The van der Waals surface area contributed by atoms with Gasteiger partial charge < -0.3 is 0 Å². The zero-order chi connectivity index (χ0) is 15.6. The molecule has 1 aromatic heterocycles. The van der Waals surface area contributed by atoms with E-state index in [1.807, 2.05) is 0 Å². The molecule has 20 heavy (non-hydrogen) atoms. The van der Waals surface area contributed by atoms with Gasteiger partial charge in [0.05, 0.1) is 11.2 Å². The van der Waals surface area contributed by atoms with Crippen LogP contribution in [0.2, 0.25) is 4.34 Å². The number of halogens is 1. The van der Waals surface area contributed by atoms with Gasteiger partial charge in [-0.1, -0.05) is 11.6 Å². The zero-order valence-electron chi connectivity index (χ0n) is 9.99. The van der Waals surface area contributed by atoms with Gasteiger partial charge in [0.1, 0.15) is 4.21 Å². The van der Waals surface area contributed by atoms with Crippen LogP contribution in [0.25, 0.3) is 0 Å². The number of nitrogens with one attached hydrogen (secondary N) is 2. The average Bonchev–Trinajstić information content (AvgIpc) is 2.66. The second kappa shape index (κ2) is 6.32. The van der Waals surface area contributed by atoms with Gasteiger partial charge in [-0.3, -0.25) is 10.1 Å². The number of thiophene rings is 1. The Labute approximate surface area is 124 Å². The fourth-order valence-electron chi connectivity index (χ4n) is 1.09. The van der Waals surface area contributed by atoms with Crippen molar-refractivity contribution in [2.75, 3.05) is 19.3 Å². The van der Waals surface area contributed by atoms with Crippen LogP contribution in [0.5, 0.6) is 0 Å². The molecule has 2 N–H and O–H groups in total. The van der Waals surface area contributed by atoms with Crippen LogP contribution < -0.4 is 9.44 Å². The lowest BCUT2D eigenvalue weighted by molar-refractivity contribution is -0.384. The molecule has 1 rings (SSSR count). The molecule has 0 saturated carbocycles. The standard InChI is InChI=1S/C7H10ClN3O6S3/c1-19(14,15)9-2-3-10-20(16,17)6-4-5(11(12)13)7(8)18-6/h4,9-10H,2-3H2,1H3. The Kier molecular flexibility index (Phi) is 5.46. The van der Waals surface area contributed by atoms with Gasteiger partial charge in [0.2, 0.25) is 20.0 Å². The fourth-order valence-corrected chi connectivity index (χ4v) is 4.30. The van der Waals surface area contributed by atoms with Crippen molar-refractivity contribution in [3.8, 4) is 0 Å². The second-order valence-corrected chi connectivity index (χ2v) is 9.03. The summed E-state index contributed by atoms with van der Waals surface area (Å²) in [5, 5.41) is 10.6. The third-order valence-electron chi connectivity index (χ3n) is 1.89. The van der Waals surface area contributed by atoms with Crippen LogP contribution in [0.1, 0.15) is 0 Å². The summed E-state index contributed by atoms with van der Waals surface area (Å²) in [5.41, 5.74) is -0.494. The molecule has 0 spiro atoms. The minimum Gasteiger partial charge on any atom is -0.258 e. The number of rotatable bonds is 7. The average molecular weight is 364 g/mol. The Morgan fingerprint density at radius 3 is 2.30 bits per heavy atom. The highest BCUT2D eigenvalue weighted by Crippen LogP contribution is 2.35. The molecular formula is C7H10ClN3O6S3. The van der Waals surface area contributed by atoms with Gasteiger partial charge in [0.25, 0.3) is 5.69 Å². The quantitative estimate of drug-likeness (QED) is 0.401. The number of nitro groups is 1. The molecule has 0 unspecified atom stereocenters. The molecule has 0 fully saturated rings. The van der Waals surface area contributed by atoms with E-state index in [9.17, 15) is 26.9 Å². The van der Waals surface area contributed by atoms with Gasteiger partial charge >= 0.3 is 0 Å². The minimum atomic E-state index is -3.97. The number of sulfonamides is 2. The van der Waals surface area contributed by atoms with Crippen molar-refractivity contribution in [2.24, 2.45) is 0 Å². The summed E-state index contributed by atoms with van der Waals surface area (Å²) in [5.74, 6) is 0. The van der Waals surface area contributed by atoms with E-state index in [1.54, 1.807) is 0 Å². The van der Waals surface area contributed by atoms with Gasteiger partial charge in [0, 0.05) is 19.2 Å². The molecule has 0 aromatic carbocycles. The van der Waals surface area contributed by atoms with E-state index < -0.39 is 30.7 Å². The Morgan fingerprint density at radius 1 is 1.30 bits per heavy atom. The molecule has 114 valence electrons. The van der Waals surface area contributed by atoms with Gasteiger partial charge in [-0.05, 0) is 0 Å². The second-order valence-electron chi connectivity index (χ2n) is 3.55. The molecule has 9 nitrogen and oxygen atoms in total. The van der Waals surface area contributed by atoms with E-state index in [-0.39, 0.29) is 21.6 Å². The third kappa shape index (κ3) is 4.96. The van der Waals surface area contributed by atoms with Crippen molar-refractivity contribution in [1.29, 1.82) is 0 Å². The maximum atomic E-state index is 11.8. The molecule has 0 aliphatic rings. The van der Waals surface area contributed by atoms with Crippen molar-refractivity contribution in [2.45, 2.75) is 4.21 Å². The summed E-state index contributed by atoms with van der Waals surface area (Å²) < 4.78 is 48.8. The summed E-state index contributed by atoms with van der Waals surface area (Å²) in [6.45, 7) is -0.335. The minimum absolute atomic E-state index is 0.140. The monoisotopic (exact) mass is 363 g/mol. The molecule has 0 radical (unpaired) electrons. The summed E-state index contributed by atoms with van der Waals surface area (Å²) in [6, 6.07) is 0.847. The molecule has 0 aliphatic carbocycles. The Hall–Kier alpha value is -0.790. The molecule has 0 saturated heterocycles. The van der Waals surface area contributed by atoms with Gasteiger partial charge in [0.15, 0.2) is 4.34 Å². The van der Waals surface area contributed by atoms with Crippen LogP contribution in [0, 0.1) is 10.1 Å². The van der Waals surface area contributed by atoms with Crippen molar-refractivity contribution in [3.63, 3.8) is 0 Å². The summed E-state index contributed by atoms with van der Waals surface area (Å²) in [6.07, 6.45) is 0.934. The van der Waals surface area contributed by atoms with Crippen molar-refractivity contribution in [1.82, 2.24) is 9.44 Å². The Morgan fingerprint density at radius 2 is 1.85 bits per heavy atom. The van der Waals surface area contributed by atoms with Crippen molar-refractivity contribution in [3.05, 3.63) is 20.5 Å². The number of hydrogen-bond donors (Lipinski definition) is 2. The summed E-state index contributed by atoms with van der Waals surface area (Å²) in [7, 11) is -7.38. The van der Waals surface area contributed by atoms with Crippen molar-refractivity contribution < 1.29 is 21.8 Å². The first-order chi connectivity index (χ1) is 9.03. The molecule has 0 amide bonds. The van der Waals surface area contributed by atoms with Crippen molar-refractivity contribution >= 4 is 48.7 Å². The molecular weight excluding hydrogens is 354 g/mol. The first-order valence-electron chi connectivity index (χ1n) is 4.91. The highest BCUT2D eigenvalue weighted by atomic mass is 35.5. The van der Waals surface area contributed by atoms with E-state index in [4.69, 9.17) is 11.6 Å². The van der Waals surface area contributed by atoms with Gasteiger partial charge in [-0.15, -0.1) is 11.3 Å². The maximum absolute atomic E-state index is 11.8. The summed E-state index contributed by atoms with van der Waals surface area (Å²) in [4.78, 5) is 9.78. The Bertz CT molecular complexity index is 710. The van der Waals surface area contributed by atoms with E-state index in [1.165, 1.54) is 0 Å². The number of hydrogen-bond acceptors (Lipinski definition) is 7. The smallest absolute Gasteiger partial charge is 0.258 e. The van der Waals surface area contributed by atoms with Crippen LogP contribution in [0.4, 0.5) is 5.69 Å². The fraction of sp³-hybridized carbons (Fsp3) is 0.429. The predicted molar refractivity (Wildman–Crippen MR) is 74.0 cm³/mol. The maximum Gasteiger partial charge on any atom is 0.300 e. The van der Waals surface area contributed by atoms with Crippen LogP contribution in [-0.2, 0) is 20.0 Å². The normalized spacial score (nSPS) is 12.5. The molecule has 13 heteroatoms. The summed E-state index contributed by atoms with van der Waals surface area (Å²) >= 11 is 6.11. The van der Waals surface area contributed by atoms with Gasteiger partial charge in [-0.25, -0.2) is 26.3 Å². The third-order valence-corrected chi connectivity index (χ3v) is 5.89. The van der Waals surface area contributed by atoms with Crippen LogP contribution >= 0.6 is 22.9 Å². The Balaban J connectivity index is 2.75. The SMILES string of the molecule is CS(=O)(=O)NCCNS(=O)(=O)c1cc([N+](=O)[O-])c(Cl)s1. The lowest BCUT2D eigenvalue weighted by atomic mass is 10.6. The van der Waals surface area contributed by atoms with Crippen LogP contribution in [-0.4, -0.2) is 41.1 Å². The highest BCUT2D eigenvalue weighted by Gasteiger charge is 2.24. The zero-order valence-corrected chi connectivity index (χ0v) is 13.2. The van der Waals surface area contributed by atoms with E-state index in [0.717, 1.165) is 12.3 Å². The largest absolute Gasteiger partial charge is 0.300 e. The van der Waals surface area contributed by atoms with E-state index in [2.05, 4.69) is 9.44 Å². The lowest BCUT2D eigenvalue weighted by Gasteiger charge is -2.04. The van der Waals surface area contributed by atoms with Gasteiger partial charge in [-0.2, -0.15) is 0 Å². The highest BCUT2D eigenvalue weighted by molar-refractivity contribution is 7.91. The predicted octanol–water partition coefficient (Wildman–Crippen LogP) is 0.137. The molecule has 1 aromatic rings. The first kappa shape index (κ1) is 17.3. The molecule has 0 bridgehead atoms. The van der Waals surface area contributed by atoms with Crippen LogP contribution in [0.3, 0.4) is 0 Å². The topological polar surface area (TPSA) is 135 Å². The molecule has 1 heterocycles. The lowest BCUT2D eigenvalue weighted by Crippen LogP contribution is -2.33. The van der Waals surface area contributed by atoms with E-state index >= 15 is 0 Å².